The Hall–Kier alpha value is -0.480. The summed E-state index contributed by atoms with van der Waals surface area (Å²) in [6.07, 6.45) is 1.67. The minimum atomic E-state index is -0.433. The monoisotopic (exact) mass is 347 g/mol. The van der Waals surface area contributed by atoms with Crippen LogP contribution in [0.15, 0.2) is 21.2 Å². The molecule has 0 aliphatic carbocycles. The Morgan fingerprint density at radius 3 is 2.94 bits per heavy atom. The Balaban J connectivity index is 2.76. The average Bonchev–Trinajstić information content (AvgIpc) is 2.26. The van der Waals surface area contributed by atoms with Crippen LogP contribution in [0.25, 0.3) is 0 Å². The van der Waals surface area contributed by atoms with E-state index < -0.39 is 6.04 Å². The van der Waals surface area contributed by atoms with Crippen molar-refractivity contribution in [3.8, 4) is 6.07 Å². The average molecular weight is 349 g/mol. The Morgan fingerprint density at radius 1 is 1.62 bits per heavy atom. The summed E-state index contributed by atoms with van der Waals surface area (Å²) in [5.41, 5.74) is 0.682. The van der Waals surface area contributed by atoms with Crippen LogP contribution in [0.2, 0.25) is 0 Å². The number of hydrogen-bond acceptors (Lipinski definition) is 4. The van der Waals surface area contributed by atoms with Crippen molar-refractivity contribution in [1.82, 2.24) is 10.3 Å². The van der Waals surface area contributed by atoms with Gasteiger partial charge in [0.25, 0.3) is 0 Å². The van der Waals surface area contributed by atoms with Crippen molar-refractivity contribution in [2.75, 3.05) is 20.3 Å². The number of rotatable bonds is 5. The fraction of sp³-hybridized carbons (Fsp3) is 0.400. The largest absolute Gasteiger partial charge is 0.383 e. The smallest absolute Gasteiger partial charge is 0.139 e. The van der Waals surface area contributed by atoms with E-state index in [0.717, 1.165) is 8.95 Å². The normalized spacial score (nSPS) is 12.1. The van der Waals surface area contributed by atoms with Gasteiger partial charge in [0, 0.05) is 28.8 Å². The highest BCUT2D eigenvalue weighted by atomic mass is 79.9. The molecule has 0 spiro atoms. The van der Waals surface area contributed by atoms with Crippen molar-refractivity contribution in [2.24, 2.45) is 0 Å². The maximum absolute atomic E-state index is 9.05. The molecule has 0 fully saturated rings. The van der Waals surface area contributed by atoms with E-state index in [9.17, 15) is 0 Å². The first-order valence-corrected chi connectivity index (χ1v) is 6.20. The molecule has 1 atom stereocenters. The highest BCUT2D eigenvalue weighted by Crippen LogP contribution is 2.24. The van der Waals surface area contributed by atoms with E-state index in [1.54, 1.807) is 13.3 Å². The summed E-state index contributed by atoms with van der Waals surface area (Å²) in [5, 5.41) is 12.1. The molecule has 1 unspecified atom stereocenters. The number of ether oxygens (including phenoxy) is 1. The second kappa shape index (κ2) is 6.97. The van der Waals surface area contributed by atoms with E-state index in [-0.39, 0.29) is 0 Å². The quantitative estimate of drug-likeness (QED) is 0.830. The van der Waals surface area contributed by atoms with Gasteiger partial charge in [-0.3, -0.25) is 10.3 Å². The third-order valence-electron chi connectivity index (χ3n) is 1.89. The molecule has 1 rings (SSSR count). The highest BCUT2D eigenvalue weighted by molar-refractivity contribution is 9.11. The lowest BCUT2D eigenvalue weighted by molar-refractivity contribution is 0.197. The lowest BCUT2D eigenvalue weighted by atomic mass is 10.2. The zero-order valence-electron chi connectivity index (χ0n) is 8.70. The van der Waals surface area contributed by atoms with Crippen LogP contribution in [0.1, 0.15) is 11.7 Å². The first kappa shape index (κ1) is 13.6. The van der Waals surface area contributed by atoms with Gasteiger partial charge in [0.05, 0.1) is 18.4 Å². The van der Waals surface area contributed by atoms with E-state index in [1.807, 2.05) is 6.07 Å². The minimum absolute atomic E-state index is 0.433. The summed E-state index contributed by atoms with van der Waals surface area (Å²) in [7, 11) is 1.62. The standard InChI is InChI=1S/C10H11Br2N3O/c1-16-3-2-14-9(5-13)10-8(12)4-7(11)6-15-10/h4,6,9,14H,2-3H2,1H3. The minimum Gasteiger partial charge on any atom is -0.383 e. The van der Waals surface area contributed by atoms with Crippen LogP contribution >= 0.6 is 31.9 Å². The SMILES string of the molecule is COCCNC(C#N)c1ncc(Br)cc1Br. The third kappa shape index (κ3) is 3.83. The molecule has 0 amide bonds. The molecule has 0 aliphatic rings. The molecular weight excluding hydrogens is 338 g/mol. The maximum atomic E-state index is 9.05. The molecule has 1 aromatic rings. The molecule has 6 heteroatoms. The summed E-state index contributed by atoms with van der Waals surface area (Å²) >= 11 is 6.70. The molecule has 1 N–H and O–H groups in total. The summed E-state index contributed by atoms with van der Waals surface area (Å²) in [4.78, 5) is 4.21. The predicted molar refractivity (Wildman–Crippen MR) is 67.9 cm³/mol. The van der Waals surface area contributed by atoms with Crippen molar-refractivity contribution >= 4 is 31.9 Å². The second-order valence-electron chi connectivity index (χ2n) is 3.03. The topological polar surface area (TPSA) is 57.9 Å². The van der Waals surface area contributed by atoms with Gasteiger partial charge in [0.2, 0.25) is 0 Å². The summed E-state index contributed by atoms with van der Waals surface area (Å²) in [5.74, 6) is 0. The van der Waals surface area contributed by atoms with Crippen molar-refractivity contribution < 1.29 is 4.74 Å². The molecule has 0 aliphatic heterocycles. The van der Waals surface area contributed by atoms with Crippen LogP contribution in [0.3, 0.4) is 0 Å². The second-order valence-corrected chi connectivity index (χ2v) is 4.80. The van der Waals surface area contributed by atoms with Gasteiger partial charge in [-0.05, 0) is 37.9 Å². The summed E-state index contributed by atoms with van der Waals surface area (Å²) in [6, 6.07) is 3.60. The Labute approximate surface area is 111 Å². The fourth-order valence-electron chi connectivity index (χ4n) is 1.15. The number of nitrogens with one attached hydrogen (secondary N) is 1. The zero-order valence-corrected chi connectivity index (χ0v) is 11.9. The molecule has 1 aromatic heterocycles. The van der Waals surface area contributed by atoms with Crippen LogP contribution in [0.5, 0.6) is 0 Å². The molecular formula is C10H11Br2N3O. The van der Waals surface area contributed by atoms with Gasteiger partial charge in [0.1, 0.15) is 6.04 Å². The maximum Gasteiger partial charge on any atom is 0.139 e. The number of hydrogen-bond donors (Lipinski definition) is 1. The van der Waals surface area contributed by atoms with Gasteiger partial charge < -0.3 is 4.74 Å². The van der Waals surface area contributed by atoms with E-state index in [4.69, 9.17) is 10.00 Å². The van der Waals surface area contributed by atoms with Gasteiger partial charge >= 0.3 is 0 Å². The number of aromatic nitrogens is 1. The van der Waals surface area contributed by atoms with Gasteiger partial charge in [-0.2, -0.15) is 5.26 Å². The Kier molecular flexibility index (Phi) is 5.91. The molecule has 4 nitrogen and oxygen atoms in total. The van der Waals surface area contributed by atoms with E-state index in [1.165, 1.54) is 0 Å². The molecule has 0 saturated heterocycles. The first-order valence-electron chi connectivity index (χ1n) is 4.62. The highest BCUT2D eigenvalue weighted by Gasteiger charge is 2.14. The van der Waals surface area contributed by atoms with Crippen molar-refractivity contribution in [3.63, 3.8) is 0 Å². The number of methoxy groups -OCH3 is 1. The Morgan fingerprint density at radius 2 is 2.38 bits per heavy atom. The Bertz CT molecular complexity index is 392. The van der Waals surface area contributed by atoms with E-state index in [0.29, 0.717) is 18.8 Å². The first-order chi connectivity index (χ1) is 7.69. The van der Waals surface area contributed by atoms with Crippen LogP contribution in [-0.2, 0) is 4.74 Å². The van der Waals surface area contributed by atoms with Gasteiger partial charge in [0.15, 0.2) is 0 Å². The number of halogens is 2. The molecule has 86 valence electrons. The summed E-state index contributed by atoms with van der Waals surface area (Å²) in [6.45, 7) is 1.17. The van der Waals surface area contributed by atoms with Gasteiger partial charge in [-0.1, -0.05) is 0 Å². The van der Waals surface area contributed by atoms with Crippen LogP contribution in [-0.4, -0.2) is 25.2 Å². The van der Waals surface area contributed by atoms with Crippen molar-refractivity contribution in [3.05, 3.63) is 26.9 Å². The van der Waals surface area contributed by atoms with Gasteiger partial charge in [-0.25, -0.2) is 0 Å². The molecule has 16 heavy (non-hydrogen) atoms. The summed E-state index contributed by atoms with van der Waals surface area (Å²) < 4.78 is 6.59. The van der Waals surface area contributed by atoms with Crippen molar-refractivity contribution in [2.45, 2.75) is 6.04 Å². The van der Waals surface area contributed by atoms with E-state index >= 15 is 0 Å². The lowest BCUT2D eigenvalue weighted by Gasteiger charge is -2.12. The van der Waals surface area contributed by atoms with Crippen LogP contribution in [0.4, 0.5) is 0 Å². The number of nitriles is 1. The predicted octanol–water partition coefficient (Wildman–Crippen LogP) is 2.41. The third-order valence-corrected chi connectivity index (χ3v) is 2.96. The van der Waals surface area contributed by atoms with Crippen LogP contribution < -0.4 is 5.32 Å². The molecule has 0 radical (unpaired) electrons. The lowest BCUT2D eigenvalue weighted by Crippen LogP contribution is -2.25. The molecule has 1 heterocycles. The molecule has 0 bridgehead atoms. The van der Waals surface area contributed by atoms with Gasteiger partial charge in [-0.15, -0.1) is 0 Å². The fourth-order valence-corrected chi connectivity index (χ4v) is 2.36. The van der Waals surface area contributed by atoms with E-state index in [2.05, 4.69) is 48.2 Å². The molecule has 0 saturated carbocycles. The zero-order chi connectivity index (χ0) is 12.0. The molecule has 0 aromatic carbocycles. The van der Waals surface area contributed by atoms with Crippen LogP contribution in [0, 0.1) is 11.3 Å². The number of pyridine rings is 1. The van der Waals surface area contributed by atoms with Crippen molar-refractivity contribution in [1.29, 1.82) is 5.26 Å². The number of nitrogens with zero attached hydrogens (tertiary/aromatic N) is 2.